The van der Waals surface area contributed by atoms with Gasteiger partial charge in [-0.3, -0.25) is 0 Å². The first-order chi connectivity index (χ1) is 9.21. The van der Waals surface area contributed by atoms with Crippen LogP contribution in [0.5, 0.6) is 11.5 Å². The summed E-state index contributed by atoms with van der Waals surface area (Å²) in [6.45, 7) is 1.73. The van der Waals surface area contributed by atoms with Gasteiger partial charge in [-0.25, -0.2) is 13.6 Å². The Morgan fingerprint density at radius 3 is 1.95 bits per heavy atom. The quantitative estimate of drug-likeness (QED) is 0.466. The standard InChI is InChI=1S/C7H8O2.C6H8N2O2S/c1-5-3-2-4-6(8)7(5)9;7-5-1-3-6(4-2-5)11(8,9)10/h2-4,8-9H,1H3;1-4H,7H2,(H2,8,9,10). The Labute approximate surface area is 117 Å². The summed E-state index contributed by atoms with van der Waals surface area (Å²) in [6, 6.07) is 10.6. The van der Waals surface area contributed by atoms with E-state index in [0.29, 0.717) is 11.3 Å². The zero-order chi connectivity index (χ0) is 15.3. The lowest BCUT2D eigenvalue weighted by atomic mass is 10.2. The number of hydrogen-bond donors (Lipinski definition) is 4. The van der Waals surface area contributed by atoms with Crippen LogP contribution in [0.15, 0.2) is 47.4 Å². The van der Waals surface area contributed by atoms with Crippen molar-refractivity contribution in [2.24, 2.45) is 5.14 Å². The summed E-state index contributed by atoms with van der Waals surface area (Å²) >= 11 is 0. The van der Waals surface area contributed by atoms with Gasteiger partial charge in [-0.15, -0.1) is 0 Å². The Morgan fingerprint density at radius 1 is 1.00 bits per heavy atom. The molecule has 0 fully saturated rings. The van der Waals surface area contributed by atoms with Gasteiger partial charge in [-0.1, -0.05) is 12.1 Å². The molecule has 20 heavy (non-hydrogen) atoms. The van der Waals surface area contributed by atoms with E-state index in [2.05, 4.69) is 0 Å². The van der Waals surface area contributed by atoms with E-state index < -0.39 is 10.0 Å². The van der Waals surface area contributed by atoms with E-state index in [1.54, 1.807) is 19.1 Å². The molecule has 0 aliphatic rings. The number of primary sulfonamides is 1. The van der Waals surface area contributed by atoms with Crippen LogP contribution >= 0.6 is 0 Å². The highest BCUT2D eigenvalue weighted by Gasteiger charge is 2.05. The molecule has 0 saturated heterocycles. The van der Waals surface area contributed by atoms with Crippen molar-refractivity contribution in [2.45, 2.75) is 11.8 Å². The topological polar surface area (TPSA) is 127 Å². The Balaban J connectivity index is 0.000000204. The molecule has 2 aromatic carbocycles. The van der Waals surface area contributed by atoms with Crippen LogP contribution in [0.25, 0.3) is 0 Å². The van der Waals surface area contributed by atoms with Gasteiger partial charge in [-0.05, 0) is 42.8 Å². The Bertz CT molecular complexity index is 662. The zero-order valence-corrected chi connectivity index (χ0v) is 11.6. The minimum absolute atomic E-state index is 0.0301. The molecule has 108 valence electrons. The fraction of sp³-hybridized carbons (Fsp3) is 0.0769. The first-order valence-electron chi connectivity index (χ1n) is 5.57. The lowest BCUT2D eigenvalue weighted by Gasteiger charge is -1.97. The van der Waals surface area contributed by atoms with Crippen LogP contribution in [0.1, 0.15) is 5.56 Å². The van der Waals surface area contributed by atoms with Crippen molar-refractivity contribution in [2.75, 3.05) is 5.73 Å². The van der Waals surface area contributed by atoms with Gasteiger partial charge >= 0.3 is 0 Å². The average Bonchev–Trinajstić information content (AvgIpc) is 2.36. The summed E-state index contributed by atoms with van der Waals surface area (Å²) in [5, 5.41) is 22.6. The van der Waals surface area contributed by atoms with Crippen molar-refractivity contribution in [3.8, 4) is 11.5 Å². The molecule has 0 unspecified atom stereocenters. The third-order valence-electron chi connectivity index (χ3n) is 2.43. The molecule has 0 spiro atoms. The lowest BCUT2D eigenvalue weighted by Crippen LogP contribution is -2.11. The number of hydrogen-bond acceptors (Lipinski definition) is 5. The molecule has 0 aliphatic heterocycles. The number of benzene rings is 2. The molecular weight excluding hydrogens is 280 g/mol. The normalized spacial score (nSPS) is 10.5. The van der Waals surface area contributed by atoms with Crippen molar-refractivity contribution < 1.29 is 18.6 Å². The maximum atomic E-state index is 10.7. The first-order valence-corrected chi connectivity index (χ1v) is 7.12. The summed E-state index contributed by atoms with van der Waals surface area (Å²) in [4.78, 5) is 0.0756. The Kier molecular flexibility index (Phi) is 4.95. The highest BCUT2D eigenvalue weighted by Crippen LogP contribution is 2.26. The van der Waals surface area contributed by atoms with Gasteiger partial charge in [0.15, 0.2) is 11.5 Å². The molecule has 2 rings (SSSR count). The second-order valence-electron chi connectivity index (χ2n) is 4.06. The number of aryl methyl sites for hydroxylation is 1. The van der Waals surface area contributed by atoms with Crippen LogP contribution in [0.3, 0.4) is 0 Å². The van der Waals surface area contributed by atoms with Crippen LogP contribution in [-0.2, 0) is 10.0 Å². The molecule has 2 aromatic rings. The SMILES string of the molecule is Cc1cccc(O)c1O.Nc1ccc(S(N)(=O)=O)cc1. The van der Waals surface area contributed by atoms with Crippen molar-refractivity contribution in [1.82, 2.24) is 0 Å². The van der Waals surface area contributed by atoms with E-state index in [-0.39, 0.29) is 16.4 Å². The van der Waals surface area contributed by atoms with E-state index in [1.807, 2.05) is 0 Å². The molecule has 0 saturated carbocycles. The highest BCUT2D eigenvalue weighted by molar-refractivity contribution is 7.89. The number of anilines is 1. The van der Waals surface area contributed by atoms with Crippen LogP contribution < -0.4 is 10.9 Å². The zero-order valence-electron chi connectivity index (χ0n) is 10.8. The Hall–Kier alpha value is -2.25. The van der Waals surface area contributed by atoms with E-state index in [0.717, 1.165) is 0 Å². The number of nitrogen functional groups attached to an aromatic ring is 1. The molecule has 7 heteroatoms. The van der Waals surface area contributed by atoms with Gasteiger partial charge in [0, 0.05) is 5.69 Å². The number of nitrogens with two attached hydrogens (primary N) is 2. The second kappa shape index (κ2) is 6.27. The smallest absolute Gasteiger partial charge is 0.238 e. The van der Waals surface area contributed by atoms with Crippen LogP contribution in [0.2, 0.25) is 0 Å². The molecule has 6 nitrogen and oxygen atoms in total. The number of aromatic hydroxyl groups is 2. The van der Waals surface area contributed by atoms with E-state index in [1.165, 1.54) is 30.3 Å². The second-order valence-corrected chi connectivity index (χ2v) is 5.62. The number of phenolic OH excluding ortho intramolecular Hbond substituents is 2. The van der Waals surface area contributed by atoms with E-state index >= 15 is 0 Å². The molecule has 0 aromatic heterocycles. The predicted molar refractivity (Wildman–Crippen MR) is 76.7 cm³/mol. The molecule has 0 aliphatic carbocycles. The van der Waals surface area contributed by atoms with Gasteiger partial charge in [0.25, 0.3) is 0 Å². The van der Waals surface area contributed by atoms with Crippen LogP contribution in [0.4, 0.5) is 5.69 Å². The van der Waals surface area contributed by atoms with Crippen LogP contribution in [-0.4, -0.2) is 18.6 Å². The number of phenols is 2. The maximum absolute atomic E-state index is 10.7. The molecule has 0 radical (unpaired) electrons. The maximum Gasteiger partial charge on any atom is 0.238 e. The molecular formula is C13H16N2O4S. The van der Waals surface area contributed by atoms with E-state index in [4.69, 9.17) is 21.1 Å². The predicted octanol–water partition coefficient (Wildman–Crippen LogP) is 1.32. The third kappa shape index (κ3) is 4.45. The summed E-state index contributed by atoms with van der Waals surface area (Å²) in [6.07, 6.45) is 0. The van der Waals surface area contributed by atoms with E-state index in [9.17, 15) is 8.42 Å². The van der Waals surface area contributed by atoms with Crippen molar-refractivity contribution in [3.63, 3.8) is 0 Å². The summed E-state index contributed by atoms with van der Waals surface area (Å²) < 4.78 is 21.4. The van der Waals surface area contributed by atoms with Gasteiger partial charge in [0.05, 0.1) is 4.90 Å². The third-order valence-corrected chi connectivity index (χ3v) is 3.35. The van der Waals surface area contributed by atoms with Gasteiger partial charge in [0.1, 0.15) is 0 Å². The lowest BCUT2D eigenvalue weighted by molar-refractivity contribution is 0.401. The van der Waals surface area contributed by atoms with Gasteiger partial charge in [-0.2, -0.15) is 0 Å². The fourth-order valence-electron chi connectivity index (χ4n) is 1.30. The monoisotopic (exact) mass is 296 g/mol. The Morgan fingerprint density at radius 2 is 1.55 bits per heavy atom. The molecule has 0 heterocycles. The van der Waals surface area contributed by atoms with Crippen molar-refractivity contribution in [3.05, 3.63) is 48.0 Å². The number of sulfonamides is 1. The highest BCUT2D eigenvalue weighted by atomic mass is 32.2. The molecule has 6 N–H and O–H groups in total. The number of rotatable bonds is 1. The van der Waals surface area contributed by atoms with Crippen LogP contribution in [0, 0.1) is 6.92 Å². The van der Waals surface area contributed by atoms with Gasteiger partial charge < -0.3 is 15.9 Å². The van der Waals surface area contributed by atoms with Gasteiger partial charge in [0.2, 0.25) is 10.0 Å². The summed E-state index contributed by atoms with van der Waals surface area (Å²) in [5.74, 6) is -0.0903. The summed E-state index contributed by atoms with van der Waals surface area (Å²) in [7, 11) is -3.58. The molecule has 0 atom stereocenters. The first kappa shape index (κ1) is 15.8. The molecule has 0 amide bonds. The minimum Gasteiger partial charge on any atom is -0.504 e. The average molecular weight is 296 g/mol. The van der Waals surface area contributed by atoms with Crippen molar-refractivity contribution in [1.29, 1.82) is 0 Å². The number of para-hydroxylation sites is 1. The van der Waals surface area contributed by atoms with Crippen molar-refractivity contribution >= 4 is 15.7 Å². The fourth-order valence-corrected chi connectivity index (χ4v) is 1.82. The minimum atomic E-state index is -3.58. The largest absolute Gasteiger partial charge is 0.504 e. The summed E-state index contributed by atoms with van der Waals surface area (Å²) in [5.41, 5.74) is 6.54. The molecule has 0 bridgehead atoms.